The van der Waals surface area contributed by atoms with Gasteiger partial charge in [0, 0.05) is 19.1 Å². The monoisotopic (exact) mass is 329 g/mol. The zero-order valence-corrected chi connectivity index (χ0v) is 14.8. The molecule has 5 nitrogen and oxygen atoms in total. The lowest BCUT2D eigenvalue weighted by molar-refractivity contribution is 0.0492. The number of amides is 1. The molecule has 1 aromatic carbocycles. The lowest BCUT2D eigenvalue weighted by Gasteiger charge is -2.36. The van der Waals surface area contributed by atoms with E-state index >= 15 is 0 Å². The molecule has 1 atom stereocenters. The largest absolute Gasteiger partial charge is 0.444 e. The maximum atomic E-state index is 11.9. The summed E-state index contributed by atoms with van der Waals surface area (Å²) in [4.78, 5) is 14.2. The smallest absolute Gasteiger partial charge is 0.407 e. The second kappa shape index (κ2) is 8.16. The first-order chi connectivity index (χ1) is 11.4. The predicted molar refractivity (Wildman–Crippen MR) is 93.4 cm³/mol. The van der Waals surface area contributed by atoms with Gasteiger partial charge in [0.1, 0.15) is 5.60 Å². The molecule has 2 rings (SSSR count). The summed E-state index contributed by atoms with van der Waals surface area (Å²) in [7, 11) is 0. The van der Waals surface area contributed by atoms with Gasteiger partial charge >= 0.3 is 6.09 Å². The minimum atomic E-state index is -0.484. The van der Waals surface area contributed by atoms with Gasteiger partial charge in [0.25, 0.3) is 0 Å². The third kappa shape index (κ3) is 5.54. The minimum absolute atomic E-state index is 0.276. The van der Waals surface area contributed by atoms with Gasteiger partial charge in [-0.05, 0) is 51.8 Å². The molecule has 0 aliphatic carbocycles. The van der Waals surface area contributed by atoms with Gasteiger partial charge in [0.15, 0.2) is 0 Å². The van der Waals surface area contributed by atoms with Crippen LogP contribution >= 0.6 is 0 Å². The Kier molecular flexibility index (Phi) is 6.22. The molecule has 1 saturated heterocycles. The molecule has 0 aromatic heterocycles. The Morgan fingerprint density at radius 1 is 1.38 bits per heavy atom. The van der Waals surface area contributed by atoms with Crippen LogP contribution in [-0.2, 0) is 11.3 Å². The maximum absolute atomic E-state index is 11.9. The highest BCUT2D eigenvalue weighted by molar-refractivity contribution is 5.67. The Morgan fingerprint density at radius 3 is 2.83 bits per heavy atom. The fourth-order valence-electron chi connectivity index (χ4n) is 3.00. The van der Waals surface area contributed by atoms with Crippen molar-refractivity contribution in [3.63, 3.8) is 0 Å². The van der Waals surface area contributed by atoms with Crippen LogP contribution in [0.3, 0.4) is 0 Å². The molecule has 1 fully saturated rings. The van der Waals surface area contributed by atoms with Gasteiger partial charge in [0.2, 0.25) is 0 Å². The number of hydrogen-bond donors (Lipinski definition) is 1. The second-order valence-corrected chi connectivity index (χ2v) is 7.27. The van der Waals surface area contributed by atoms with Crippen LogP contribution in [0.2, 0.25) is 0 Å². The van der Waals surface area contributed by atoms with Crippen molar-refractivity contribution >= 4 is 6.09 Å². The first-order valence-electron chi connectivity index (χ1n) is 8.58. The average Bonchev–Trinajstić information content (AvgIpc) is 2.53. The summed E-state index contributed by atoms with van der Waals surface area (Å²) in [6.45, 7) is 7.88. The van der Waals surface area contributed by atoms with E-state index in [2.05, 4.69) is 16.3 Å². The highest BCUT2D eigenvalue weighted by Gasteiger charge is 2.24. The van der Waals surface area contributed by atoms with Crippen molar-refractivity contribution in [2.45, 2.75) is 58.2 Å². The molecule has 1 heterocycles. The van der Waals surface area contributed by atoms with E-state index in [1.54, 1.807) is 0 Å². The van der Waals surface area contributed by atoms with E-state index in [1.807, 2.05) is 45.0 Å². The highest BCUT2D eigenvalue weighted by atomic mass is 16.6. The molecule has 0 radical (unpaired) electrons. The Balaban J connectivity index is 1.95. The van der Waals surface area contributed by atoms with Crippen LogP contribution in [0.25, 0.3) is 0 Å². The maximum Gasteiger partial charge on any atom is 0.407 e. The Hall–Kier alpha value is -2.06. The first kappa shape index (κ1) is 18.3. The third-order valence-corrected chi connectivity index (χ3v) is 4.14. The van der Waals surface area contributed by atoms with E-state index in [4.69, 9.17) is 4.74 Å². The lowest BCUT2D eigenvalue weighted by atomic mass is 10.00. The number of alkyl carbamates (subject to hydrolysis) is 1. The first-order valence-corrected chi connectivity index (χ1v) is 8.58. The van der Waals surface area contributed by atoms with Crippen molar-refractivity contribution in [3.8, 4) is 6.07 Å². The van der Waals surface area contributed by atoms with Gasteiger partial charge in [-0.15, -0.1) is 0 Å². The summed E-state index contributed by atoms with van der Waals surface area (Å²) in [5.74, 6) is 0. The number of piperidine rings is 1. The second-order valence-electron chi connectivity index (χ2n) is 7.27. The molecule has 0 bridgehead atoms. The molecule has 130 valence electrons. The van der Waals surface area contributed by atoms with Crippen LogP contribution in [0.4, 0.5) is 4.79 Å². The number of carbonyl (C=O) groups excluding carboxylic acids is 1. The Bertz CT molecular complexity index is 601. The molecule has 1 N–H and O–H groups in total. The van der Waals surface area contributed by atoms with Gasteiger partial charge in [-0.25, -0.2) is 4.79 Å². The molecule has 1 aromatic rings. The summed E-state index contributed by atoms with van der Waals surface area (Å²) in [5.41, 5.74) is 1.29. The predicted octanol–water partition coefficient (Wildman–Crippen LogP) is 3.44. The lowest BCUT2D eigenvalue weighted by Crippen LogP contribution is -2.47. The van der Waals surface area contributed by atoms with Gasteiger partial charge in [-0.3, -0.25) is 4.90 Å². The number of likely N-dealkylation sites (tertiary alicyclic amines) is 1. The van der Waals surface area contributed by atoms with E-state index in [1.165, 1.54) is 0 Å². The SMILES string of the molecule is CC(C)(C)OC(=O)NCC1CCCCN1Cc1ccccc1C#N. The van der Waals surface area contributed by atoms with Crippen LogP contribution in [0.1, 0.15) is 51.2 Å². The molecule has 1 aliphatic heterocycles. The topological polar surface area (TPSA) is 65.4 Å². The number of rotatable bonds is 4. The Labute approximate surface area is 144 Å². The summed E-state index contributed by atoms with van der Waals surface area (Å²) in [5, 5.41) is 12.1. The van der Waals surface area contributed by atoms with Crippen molar-refractivity contribution in [1.29, 1.82) is 5.26 Å². The number of nitriles is 1. The molecule has 24 heavy (non-hydrogen) atoms. The van der Waals surface area contributed by atoms with E-state index < -0.39 is 5.60 Å². The zero-order chi connectivity index (χ0) is 17.6. The molecule has 1 amide bonds. The number of hydrogen-bond acceptors (Lipinski definition) is 4. The summed E-state index contributed by atoms with van der Waals surface area (Å²) in [6.07, 6.45) is 2.99. The summed E-state index contributed by atoms with van der Waals surface area (Å²) in [6, 6.07) is 10.3. The fourth-order valence-corrected chi connectivity index (χ4v) is 3.00. The number of carbonyl (C=O) groups is 1. The highest BCUT2D eigenvalue weighted by Crippen LogP contribution is 2.21. The number of nitrogens with zero attached hydrogens (tertiary/aromatic N) is 2. The van der Waals surface area contributed by atoms with Crippen LogP contribution in [0.5, 0.6) is 0 Å². The quantitative estimate of drug-likeness (QED) is 0.919. The van der Waals surface area contributed by atoms with E-state index in [-0.39, 0.29) is 12.1 Å². The summed E-state index contributed by atoms with van der Waals surface area (Å²) >= 11 is 0. The van der Waals surface area contributed by atoms with Gasteiger partial charge in [0.05, 0.1) is 11.6 Å². The van der Waals surface area contributed by atoms with Crippen molar-refractivity contribution in [1.82, 2.24) is 10.2 Å². The zero-order valence-electron chi connectivity index (χ0n) is 14.8. The molecule has 0 spiro atoms. The molecule has 1 aliphatic rings. The van der Waals surface area contributed by atoms with Crippen molar-refractivity contribution in [2.75, 3.05) is 13.1 Å². The molecular formula is C19H27N3O2. The van der Waals surface area contributed by atoms with Crippen molar-refractivity contribution in [2.24, 2.45) is 0 Å². The van der Waals surface area contributed by atoms with Crippen LogP contribution in [0, 0.1) is 11.3 Å². The Morgan fingerprint density at radius 2 is 2.12 bits per heavy atom. The molecule has 5 heteroatoms. The van der Waals surface area contributed by atoms with Crippen LogP contribution < -0.4 is 5.32 Å². The minimum Gasteiger partial charge on any atom is -0.444 e. The van der Waals surface area contributed by atoms with Gasteiger partial charge in [-0.1, -0.05) is 24.6 Å². The third-order valence-electron chi connectivity index (χ3n) is 4.14. The summed E-state index contributed by atoms with van der Waals surface area (Å²) < 4.78 is 5.31. The van der Waals surface area contributed by atoms with Crippen molar-refractivity contribution in [3.05, 3.63) is 35.4 Å². The van der Waals surface area contributed by atoms with E-state index in [0.29, 0.717) is 6.54 Å². The van der Waals surface area contributed by atoms with Crippen LogP contribution in [-0.4, -0.2) is 35.7 Å². The number of ether oxygens (including phenoxy) is 1. The molecular weight excluding hydrogens is 302 g/mol. The average molecular weight is 329 g/mol. The number of benzene rings is 1. The van der Waals surface area contributed by atoms with Crippen LogP contribution in [0.15, 0.2) is 24.3 Å². The number of nitrogens with one attached hydrogen (secondary N) is 1. The van der Waals surface area contributed by atoms with E-state index in [9.17, 15) is 10.1 Å². The standard InChI is InChI=1S/C19H27N3O2/c1-19(2,3)24-18(23)21-13-17-10-6-7-11-22(17)14-16-9-5-4-8-15(16)12-20/h4-5,8-9,17H,6-7,10-11,13-14H2,1-3H3,(H,21,23). The van der Waals surface area contributed by atoms with Gasteiger partial charge < -0.3 is 10.1 Å². The fraction of sp³-hybridized carbons (Fsp3) is 0.579. The normalized spacial score (nSPS) is 18.7. The van der Waals surface area contributed by atoms with Gasteiger partial charge in [-0.2, -0.15) is 5.26 Å². The van der Waals surface area contributed by atoms with E-state index in [0.717, 1.165) is 43.5 Å². The molecule has 1 unspecified atom stereocenters. The molecule has 0 saturated carbocycles. The van der Waals surface area contributed by atoms with Crippen molar-refractivity contribution < 1.29 is 9.53 Å².